The maximum Gasteiger partial charge on any atom is 0.239 e. The van der Waals surface area contributed by atoms with E-state index in [1.54, 1.807) is 29.2 Å². The van der Waals surface area contributed by atoms with Crippen molar-refractivity contribution in [2.24, 2.45) is 5.92 Å². The number of anilines is 1. The molecule has 2 unspecified atom stereocenters. The summed E-state index contributed by atoms with van der Waals surface area (Å²) >= 11 is 5.91. The number of amides is 2. The number of halogens is 1. The molecule has 1 saturated heterocycles. The van der Waals surface area contributed by atoms with Gasteiger partial charge in [-0.15, -0.1) is 0 Å². The zero-order valence-corrected chi connectivity index (χ0v) is 17.1. The second-order valence-corrected chi connectivity index (χ2v) is 7.71. The van der Waals surface area contributed by atoms with Gasteiger partial charge in [-0.25, -0.2) is 0 Å². The van der Waals surface area contributed by atoms with Gasteiger partial charge in [0, 0.05) is 17.3 Å². The van der Waals surface area contributed by atoms with E-state index < -0.39 is 5.92 Å². The zero-order chi connectivity index (χ0) is 20.3. The van der Waals surface area contributed by atoms with Gasteiger partial charge in [-0.3, -0.25) is 9.59 Å². The van der Waals surface area contributed by atoms with Gasteiger partial charge in [0.15, 0.2) is 0 Å². The average Bonchev–Trinajstić information content (AvgIpc) is 3.03. The van der Waals surface area contributed by atoms with Crippen molar-refractivity contribution >= 4 is 29.1 Å². The zero-order valence-electron chi connectivity index (χ0n) is 16.3. The smallest absolute Gasteiger partial charge is 0.239 e. The lowest BCUT2D eigenvalue weighted by atomic mass is 10.0. The lowest BCUT2D eigenvalue weighted by Gasteiger charge is -2.19. The number of hydrogen-bond donors (Lipinski definition) is 1. The standard InChI is InChI=1S/C22H25ClN2O3/c1-14(2)28-19-6-4-5-16(13-19)15(3)24-21(26)20-11-12-25(22(20)27)18-9-7-17(23)8-10-18/h4-10,13-15,20H,11-12H2,1-3H3,(H,24,26). The minimum absolute atomic E-state index is 0.0788. The summed E-state index contributed by atoms with van der Waals surface area (Å²) in [7, 11) is 0. The molecular weight excluding hydrogens is 376 g/mol. The minimum atomic E-state index is -0.673. The van der Waals surface area contributed by atoms with Gasteiger partial charge in [-0.1, -0.05) is 23.7 Å². The summed E-state index contributed by atoms with van der Waals surface area (Å²) in [6.07, 6.45) is 0.575. The predicted molar refractivity (Wildman–Crippen MR) is 111 cm³/mol. The first kappa shape index (κ1) is 20.2. The van der Waals surface area contributed by atoms with Crippen LogP contribution in [0.25, 0.3) is 0 Å². The highest BCUT2D eigenvalue weighted by Crippen LogP contribution is 2.27. The molecule has 2 aromatic rings. The number of carbonyl (C=O) groups is 2. The Bertz CT molecular complexity index is 851. The molecule has 2 amide bonds. The highest BCUT2D eigenvalue weighted by atomic mass is 35.5. The highest BCUT2D eigenvalue weighted by molar-refractivity contribution is 6.30. The monoisotopic (exact) mass is 400 g/mol. The van der Waals surface area contributed by atoms with Crippen molar-refractivity contribution in [1.29, 1.82) is 0 Å². The van der Waals surface area contributed by atoms with Crippen LogP contribution in [-0.4, -0.2) is 24.5 Å². The summed E-state index contributed by atoms with van der Waals surface area (Å²) in [5.41, 5.74) is 1.70. The van der Waals surface area contributed by atoms with Crippen LogP contribution in [0.1, 0.15) is 38.8 Å². The third kappa shape index (κ3) is 4.65. The quantitative estimate of drug-likeness (QED) is 0.733. The molecule has 28 heavy (non-hydrogen) atoms. The molecule has 1 fully saturated rings. The largest absolute Gasteiger partial charge is 0.491 e. The van der Waals surface area contributed by atoms with E-state index in [9.17, 15) is 9.59 Å². The van der Waals surface area contributed by atoms with Crippen LogP contribution >= 0.6 is 11.6 Å². The molecule has 0 bridgehead atoms. The number of nitrogens with one attached hydrogen (secondary N) is 1. The van der Waals surface area contributed by atoms with E-state index in [-0.39, 0.29) is 24.0 Å². The van der Waals surface area contributed by atoms with Crippen LogP contribution in [0.5, 0.6) is 5.75 Å². The molecule has 1 heterocycles. The van der Waals surface area contributed by atoms with Gasteiger partial charge in [0.1, 0.15) is 11.7 Å². The number of hydrogen-bond acceptors (Lipinski definition) is 3. The summed E-state index contributed by atoms with van der Waals surface area (Å²) in [4.78, 5) is 27.1. The van der Waals surface area contributed by atoms with E-state index in [1.165, 1.54) is 0 Å². The molecule has 5 nitrogen and oxygen atoms in total. The third-order valence-electron chi connectivity index (χ3n) is 4.75. The van der Waals surface area contributed by atoms with E-state index in [1.807, 2.05) is 45.0 Å². The van der Waals surface area contributed by atoms with Crippen molar-refractivity contribution in [2.45, 2.75) is 39.3 Å². The van der Waals surface area contributed by atoms with Gasteiger partial charge in [0.2, 0.25) is 11.8 Å². The maximum absolute atomic E-state index is 12.7. The van der Waals surface area contributed by atoms with Crippen LogP contribution in [0, 0.1) is 5.92 Å². The topological polar surface area (TPSA) is 58.6 Å². The first-order valence-corrected chi connectivity index (χ1v) is 9.87. The molecule has 1 aliphatic rings. The molecule has 2 atom stereocenters. The number of benzene rings is 2. The molecule has 2 aromatic carbocycles. The molecule has 0 radical (unpaired) electrons. The Morgan fingerprint density at radius 2 is 1.89 bits per heavy atom. The molecular formula is C22H25ClN2O3. The first-order chi connectivity index (χ1) is 13.3. The van der Waals surface area contributed by atoms with Gasteiger partial charge in [-0.2, -0.15) is 0 Å². The SMILES string of the molecule is CC(C)Oc1cccc(C(C)NC(=O)C2CCN(c3ccc(Cl)cc3)C2=O)c1. The van der Waals surface area contributed by atoms with Crippen molar-refractivity contribution in [3.63, 3.8) is 0 Å². The van der Waals surface area contributed by atoms with Gasteiger partial charge < -0.3 is 15.0 Å². The van der Waals surface area contributed by atoms with Crippen molar-refractivity contribution in [2.75, 3.05) is 11.4 Å². The lowest BCUT2D eigenvalue weighted by Crippen LogP contribution is -2.38. The minimum Gasteiger partial charge on any atom is -0.491 e. The Morgan fingerprint density at radius 3 is 2.57 bits per heavy atom. The Labute approximate surface area is 170 Å². The molecule has 0 spiro atoms. The van der Waals surface area contributed by atoms with E-state index >= 15 is 0 Å². The second-order valence-electron chi connectivity index (χ2n) is 7.28. The maximum atomic E-state index is 12.7. The molecule has 1 N–H and O–H groups in total. The normalized spacial score (nSPS) is 17.7. The summed E-state index contributed by atoms with van der Waals surface area (Å²) < 4.78 is 5.72. The van der Waals surface area contributed by atoms with Crippen LogP contribution in [0.15, 0.2) is 48.5 Å². The Hall–Kier alpha value is -2.53. The Kier molecular flexibility index (Phi) is 6.25. The van der Waals surface area contributed by atoms with Gasteiger partial charge in [0.25, 0.3) is 0 Å². The molecule has 0 saturated carbocycles. The molecule has 6 heteroatoms. The van der Waals surface area contributed by atoms with Gasteiger partial charge >= 0.3 is 0 Å². The first-order valence-electron chi connectivity index (χ1n) is 9.49. The predicted octanol–water partition coefficient (Wildman–Crippen LogP) is 4.36. The van der Waals surface area contributed by atoms with Crippen LogP contribution in [0.3, 0.4) is 0 Å². The third-order valence-corrected chi connectivity index (χ3v) is 5.00. The van der Waals surface area contributed by atoms with Crippen LogP contribution in [0.4, 0.5) is 5.69 Å². The molecule has 0 aliphatic carbocycles. The van der Waals surface area contributed by atoms with E-state index in [4.69, 9.17) is 16.3 Å². The van der Waals surface area contributed by atoms with Gasteiger partial charge in [0.05, 0.1) is 12.1 Å². The van der Waals surface area contributed by atoms with Gasteiger partial charge in [-0.05, 0) is 69.2 Å². The van der Waals surface area contributed by atoms with Crippen molar-refractivity contribution in [3.8, 4) is 5.75 Å². The molecule has 1 aliphatic heterocycles. The highest BCUT2D eigenvalue weighted by Gasteiger charge is 2.38. The second kappa shape index (κ2) is 8.65. The summed E-state index contributed by atoms with van der Waals surface area (Å²) in [5.74, 6) is -0.333. The number of rotatable bonds is 6. The summed E-state index contributed by atoms with van der Waals surface area (Å²) in [6.45, 7) is 6.36. The lowest BCUT2D eigenvalue weighted by molar-refractivity contribution is -0.132. The number of carbonyl (C=O) groups excluding carboxylic acids is 2. The van der Waals surface area contributed by atoms with Crippen LogP contribution in [0.2, 0.25) is 5.02 Å². The fourth-order valence-corrected chi connectivity index (χ4v) is 3.45. The number of ether oxygens (including phenoxy) is 1. The molecule has 3 rings (SSSR count). The summed E-state index contributed by atoms with van der Waals surface area (Å²) in [5, 5.41) is 3.58. The number of nitrogens with zero attached hydrogens (tertiary/aromatic N) is 1. The van der Waals surface area contributed by atoms with Crippen molar-refractivity contribution in [1.82, 2.24) is 5.32 Å². The van der Waals surface area contributed by atoms with E-state index in [2.05, 4.69) is 5.32 Å². The molecule has 148 valence electrons. The Morgan fingerprint density at radius 1 is 1.18 bits per heavy atom. The summed E-state index contributed by atoms with van der Waals surface area (Å²) in [6, 6.07) is 14.5. The van der Waals surface area contributed by atoms with Crippen LogP contribution < -0.4 is 15.0 Å². The van der Waals surface area contributed by atoms with Crippen molar-refractivity contribution < 1.29 is 14.3 Å². The molecule has 0 aromatic heterocycles. The fraction of sp³-hybridized carbons (Fsp3) is 0.364. The average molecular weight is 401 g/mol. The Balaban J connectivity index is 1.64. The fourth-order valence-electron chi connectivity index (χ4n) is 3.33. The van der Waals surface area contributed by atoms with Crippen LogP contribution in [-0.2, 0) is 9.59 Å². The van der Waals surface area contributed by atoms with Crippen molar-refractivity contribution in [3.05, 3.63) is 59.1 Å². The van der Waals surface area contributed by atoms with E-state index in [0.717, 1.165) is 17.0 Å². The van der Waals surface area contributed by atoms with E-state index in [0.29, 0.717) is 18.0 Å².